The third-order valence-corrected chi connectivity index (χ3v) is 5.46. The van der Waals surface area contributed by atoms with Crippen molar-refractivity contribution in [2.45, 2.75) is 23.8 Å². The maximum atomic E-state index is 13.8. The summed E-state index contributed by atoms with van der Waals surface area (Å²) in [5.41, 5.74) is 5.22. The third kappa shape index (κ3) is 3.39. The van der Waals surface area contributed by atoms with Crippen molar-refractivity contribution in [1.29, 1.82) is 0 Å². The van der Waals surface area contributed by atoms with Gasteiger partial charge in [0.15, 0.2) is 0 Å². The van der Waals surface area contributed by atoms with Crippen LogP contribution in [0.1, 0.15) is 18.4 Å². The number of ether oxygens (including phenoxy) is 1. The molecular formula is C13H17FN2O3S2. The molecule has 21 heavy (non-hydrogen) atoms. The Morgan fingerprint density at radius 3 is 2.86 bits per heavy atom. The number of sulfonamides is 1. The fourth-order valence-electron chi connectivity index (χ4n) is 2.30. The Morgan fingerprint density at radius 1 is 1.57 bits per heavy atom. The van der Waals surface area contributed by atoms with Crippen molar-refractivity contribution in [2.24, 2.45) is 5.73 Å². The van der Waals surface area contributed by atoms with Gasteiger partial charge in [-0.3, -0.25) is 0 Å². The Bertz CT molecular complexity index is 643. The second-order valence-corrected chi connectivity index (χ2v) is 7.35. The first kappa shape index (κ1) is 16.3. The summed E-state index contributed by atoms with van der Waals surface area (Å²) in [5.74, 6) is -0.742. The molecule has 0 amide bonds. The predicted octanol–water partition coefficient (Wildman–Crippen LogP) is 1.26. The van der Waals surface area contributed by atoms with E-state index >= 15 is 0 Å². The summed E-state index contributed by atoms with van der Waals surface area (Å²) in [5, 5.41) is 0. The number of hydrogen-bond donors (Lipinski definition) is 1. The van der Waals surface area contributed by atoms with Crippen LogP contribution in [-0.4, -0.2) is 44.0 Å². The highest BCUT2D eigenvalue weighted by atomic mass is 32.2. The molecule has 2 N–H and O–H groups in total. The molecule has 0 radical (unpaired) electrons. The van der Waals surface area contributed by atoms with Crippen LogP contribution in [0.3, 0.4) is 0 Å². The first-order valence-corrected chi connectivity index (χ1v) is 8.35. The van der Waals surface area contributed by atoms with Crippen LogP contribution >= 0.6 is 12.2 Å². The monoisotopic (exact) mass is 332 g/mol. The fourth-order valence-corrected chi connectivity index (χ4v) is 3.99. The van der Waals surface area contributed by atoms with Crippen LogP contribution in [0.2, 0.25) is 0 Å². The number of halogens is 1. The average Bonchev–Trinajstić information content (AvgIpc) is 2.90. The summed E-state index contributed by atoms with van der Waals surface area (Å²) in [6.45, 7) is 0.853. The summed E-state index contributed by atoms with van der Waals surface area (Å²) >= 11 is 4.77. The lowest BCUT2D eigenvalue weighted by Gasteiger charge is -2.22. The highest BCUT2D eigenvalue weighted by Crippen LogP contribution is 2.23. The van der Waals surface area contributed by atoms with Gasteiger partial charge in [0.05, 0.1) is 16.6 Å². The second kappa shape index (κ2) is 6.35. The van der Waals surface area contributed by atoms with Gasteiger partial charge in [-0.25, -0.2) is 12.8 Å². The molecule has 0 spiro atoms. The largest absolute Gasteiger partial charge is 0.389 e. The molecule has 1 aliphatic heterocycles. The molecule has 0 aliphatic carbocycles. The van der Waals surface area contributed by atoms with Crippen LogP contribution < -0.4 is 5.73 Å². The van der Waals surface area contributed by atoms with E-state index in [9.17, 15) is 12.8 Å². The van der Waals surface area contributed by atoms with Gasteiger partial charge in [0.25, 0.3) is 0 Å². The Balaban J connectivity index is 2.34. The van der Waals surface area contributed by atoms with Gasteiger partial charge in [-0.05, 0) is 25.0 Å². The Labute approximate surface area is 128 Å². The van der Waals surface area contributed by atoms with E-state index in [1.54, 1.807) is 0 Å². The molecule has 1 unspecified atom stereocenters. The van der Waals surface area contributed by atoms with E-state index < -0.39 is 15.8 Å². The molecule has 1 fully saturated rings. The smallest absolute Gasteiger partial charge is 0.243 e. The first-order valence-electron chi connectivity index (χ1n) is 6.50. The Hall–Kier alpha value is -1.09. The van der Waals surface area contributed by atoms with E-state index in [1.807, 2.05) is 0 Å². The molecule has 116 valence electrons. The van der Waals surface area contributed by atoms with Crippen LogP contribution in [0.5, 0.6) is 0 Å². The van der Waals surface area contributed by atoms with Crippen molar-refractivity contribution in [3.63, 3.8) is 0 Å². The number of nitrogens with zero attached hydrogens (tertiary/aromatic N) is 1. The zero-order valence-corrected chi connectivity index (χ0v) is 13.2. The van der Waals surface area contributed by atoms with Crippen molar-refractivity contribution in [3.05, 3.63) is 29.6 Å². The van der Waals surface area contributed by atoms with Crippen molar-refractivity contribution in [1.82, 2.24) is 4.31 Å². The highest BCUT2D eigenvalue weighted by molar-refractivity contribution is 7.89. The van der Waals surface area contributed by atoms with E-state index in [1.165, 1.54) is 19.2 Å². The van der Waals surface area contributed by atoms with E-state index in [0.717, 1.165) is 23.2 Å². The Kier molecular flexibility index (Phi) is 4.92. The van der Waals surface area contributed by atoms with Crippen LogP contribution in [-0.2, 0) is 14.8 Å². The predicted molar refractivity (Wildman–Crippen MR) is 81.1 cm³/mol. The SMILES string of the molecule is CN(CC1CCCO1)S(=O)(=O)c1cccc(F)c1C(N)=S. The Morgan fingerprint density at radius 2 is 2.29 bits per heavy atom. The zero-order valence-electron chi connectivity index (χ0n) is 11.6. The van der Waals surface area contributed by atoms with E-state index in [4.69, 9.17) is 22.7 Å². The van der Waals surface area contributed by atoms with Crippen LogP contribution in [0.15, 0.2) is 23.1 Å². The zero-order chi connectivity index (χ0) is 15.6. The summed E-state index contributed by atoms with van der Waals surface area (Å²) in [6.07, 6.45) is 1.59. The minimum absolute atomic E-state index is 0.133. The number of likely N-dealkylation sites (N-methyl/N-ethyl adjacent to an activating group) is 1. The van der Waals surface area contributed by atoms with Crippen molar-refractivity contribution in [2.75, 3.05) is 20.2 Å². The lowest BCUT2D eigenvalue weighted by atomic mass is 10.2. The number of nitrogens with two attached hydrogens (primary N) is 1. The quantitative estimate of drug-likeness (QED) is 0.822. The van der Waals surface area contributed by atoms with Gasteiger partial charge in [0.1, 0.15) is 10.8 Å². The van der Waals surface area contributed by atoms with Gasteiger partial charge in [0, 0.05) is 20.2 Å². The van der Waals surface area contributed by atoms with Gasteiger partial charge in [-0.15, -0.1) is 0 Å². The molecule has 1 aromatic rings. The van der Waals surface area contributed by atoms with Crippen molar-refractivity contribution in [3.8, 4) is 0 Å². The van der Waals surface area contributed by atoms with Gasteiger partial charge in [0.2, 0.25) is 10.0 Å². The topological polar surface area (TPSA) is 72.6 Å². The minimum Gasteiger partial charge on any atom is -0.389 e. The van der Waals surface area contributed by atoms with Crippen LogP contribution in [0.4, 0.5) is 4.39 Å². The maximum Gasteiger partial charge on any atom is 0.243 e. The molecule has 1 heterocycles. The maximum absolute atomic E-state index is 13.8. The van der Waals surface area contributed by atoms with Crippen molar-refractivity contribution < 1.29 is 17.5 Å². The third-order valence-electron chi connectivity index (χ3n) is 3.39. The molecule has 1 atom stereocenters. The lowest BCUT2D eigenvalue weighted by molar-refractivity contribution is 0.0979. The van der Waals surface area contributed by atoms with Gasteiger partial charge in [-0.1, -0.05) is 18.3 Å². The van der Waals surface area contributed by atoms with E-state index in [-0.39, 0.29) is 28.1 Å². The van der Waals surface area contributed by atoms with Crippen molar-refractivity contribution >= 4 is 27.2 Å². The highest BCUT2D eigenvalue weighted by Gasteiger charge is 2.29. The molecule has 0 aromatic heterocycles. The number of benzene rings is 1. The molecule has 0 saturated carbocycles. The number of thiocarbonyl (C=S) groups is 1. The summed E-state index contributed by atoms with van der Waals surface area (Å²) < 4.78 is 45.6. The summed E-state index contributed by atoms with van der Waals surface area (Å²) in [6, 6.07) is 3.76. The first-order chi connectivity index (χ1) is 9.84. The standard InChI is InChI=1S/C13H17FN2O3S2/c1-16(8-9-4-3-7-19-9)21(17,18)11-6-2-5-10(14)12(11)13(15)20/h2,5-6,9H,3-4,7-8H2,1H3,(H2,15,20). The molecule has 1 aromatic carbocycles. The van der Waals surface area contributed by atoms with Gasteiger partial charge in [-0.2, -0.15) is 4.31 Å². The lowest BCUT2D eigenvalue weighted by Crippen LogP contribution is -2.35. The van der Waals surface area contributed by atoms with E-state index in [2.05, 4.69) is 0 Å². The van der Waals surface area contributed by atoms with E-state index in [0.29, 0.717) is 6.61 Å². The molecular weight excluding hydrogens is 315 g/mol. The fraction of sp³-hybridized carbons (Fsp3) is 0.462. The average molecular weight is 332 g/mol. The summed E-state index contributed by atoms with van der Waals surface area (Å²) in [4.78, 5) is -0.493. The van der Waals surface area contributed by atoms with Gasteiger partial charge < -0.3 is 10.5 Å². The van der Waals surface area contributed by atoms with Gasteiger partial charge >= 0.3 is 0 Å². The number of hydrogen-bond acceptors (Lipinski definition) is 4. The normalized spacial score (nSPS) is 19.1. The molecule has 1 saturated heterocycles. The second-order valence-electron chi connectivity index (χ2n) is 4.90. The summed E-state index contributed by atoms with van der Waals surface area (Å²) in [7, 11) is -2.44. The molecule has 1 aliphatic rings. The molecule has 0 bridgehead atoms. The molecule has 2 rings (SSSR count). The minimum atomic E-state index is -3.88. The van der Waals surface area contributed by atoms with Crippen LogP contribution in [0, 0.1) is 5.82 Å². The molecule has 5 nitrogen and oxygen atoms in total. The number of rotatable bonds is 5. The molecule has 8 heteroatoms. The van der Waals surface area contributed by atoms with Crippen LogP contribution in [0.25, 0.3) is 0 Å².